The van der Waals surface area contributed by atoms with Crippen LogP contribution in [0.25, 0.3) is 11.3 Å². The van der Waals surface area contributed by atoms with Crippen LogP contribution in [0.5, 0.6) is 0 Å². The molecule has 5 nitrogen and oxygen atoms in total. The summed E-state index contributed by atoms with van der Waals surface area (Å²) in [7, 11) is 0. The van der Waals surface area contributed by atoms with Gasteiger partial charge in [0, 0.05) is 11.6 Å². The standard InChI is InChI=1S/C17H19FN2O3/c18-14-10-11(16-2-1-9-23-16)3-8-15(14)20-17(22)19-12-4-6-13(21)7-5-12/h1-3,8-10,12-13,21H,4-7H2,(H2,19,20,22). The van der Waals surface area contributed by atoms with Crippen LogP contribution >= 0.6 is 0 Å². The minimum absolute atomic E-state index is 0.0175. The summed E-state index contributed by atoms with van der Waals surface area (Å²) >= 11 is 0. The molecular formula is C17H19FN2O3. The van der Waals surface area contributed by atoms with Gasteiger partial charge < -0.3 is 20.2 Å². The summed E-state index contributed by atoms with van der Waals surface area (Å²) in [4.78, 5) is 12.0. The van der Waals surface area contributed by atoms with E-state index in [1.165, 1.54) is 18.4 Å². The zero-order valence-corrected chi connectivity index (χ0v) is 12.6. The van der Waals surface area contributed by atoms with E-state index >= 15 is 0 Å². The van der Waals surface area contributed by atoms with Crippen LogP contribution in [0.15, 0.2) is 41.0 Å². The van der Waals surface area contributed by atoms with E-state index in [1.54, 1.807) is 18.2 Å². The van der Waals surface area contributed by atoms with Gasteiger partial charge in [0.05, 0.1) is 18.1 Å². The number of nitrogens with one attached hydrogen (secondary N) is 2. The Balaban J connectivity index is 1.60. The number of rotatable bonds is 3. The largest absolute Gasteiger partial charge is 0.464 e. The molecule has 6 heteroatoms. The predicted octanol–water partition coefficient (Wildman–Crippen LogP) is 3.51. The zero-order valence-electron chi connectivity index (χ0n) is 12.6. The maximum Gasteiger partial charge on any atom is 0.319 e. The Morgan fingerprint density at radius 3 is 2.65 bits per heavy atom. The number of urea groups is 1. The van der Waals surface area contributed by atoms with Gasteiger partial charge in [-0.05, 0) is 56.0 Å². The summed E-state index contributed by atoms with van der Waals surface area (Å²) in [6.07, 6.45) is 4.06. The molecule has 0 unspecified atom stereocenters. The average Bonchev–Trinajstić information content (AvgIpc) is 3.06. The number of hydrogen-bond donors (Lipinski definition) is 3. The summed E-state index contributed by atoms with van der Waals surface area (Å²) in [5.41, 5.74) is 0.730. The Hall–Kier alpha value is -2.34. The highest BCUT2D eigenvalue weighted by molar-refractivity contribution is 5.89. The minimum atomic E-state index is -0.520. The van der Waals surface area contributed by atoms with E-state index in [0.717, 1.165) is 12.8 Å². The van der Waals surface area contributed by atoms with Gasteiger partial charge in [-0.25, -0.2) is 9.18 Å². The van der Waals surface area contributed by atoms with Gasteiger partial charge in [0.1, 0.15) is 11.6 Å². The monoisotopic (exact) mass is 318 g/mol. The molecule has 2 amide bonds. The SMILES string of the molecule is O=C(Nc1ccc(-c2ccco2)cc1F)NC1CCC(O)CC1. The number of anilines is 1. The van der Waals surface area contributed by atoms with Gasteiger partial charge in [0.25, 0.3) is 0 Å². The van der Waals surface area contributed by atoms with Crippen LogP contribution in [0.4, 0.5) is 14.9 Å². The zero-order chi connectivity index (χ0) is 16.2. The van der Waals surface area contributed by atoms with Crippen LogP contribution in [0.1, 0.15) is 25.7 Å². The van der Waals surface area contributed by atoms with Crippen molar-refractivity contribution in [2.45, 2.75) is 37.8 Å². The van der Waals surface area contributed by atoms with Crippen molar-refractivity contribution in [1.29, 1.82) is 0 Å². The average molecular weight is 318 g/mol. The van der Waals surface area contributed by atoms with Gasteiger partial charge in [0.15, 0.2) is 0 Å². The second kappa shape index (κ2) is 6.83. The first-order valence-corrected chi connectivity index (χ1v) is 7.71. The second-order valence-corrected chi connectivity index (χ2v) is 5.78. The van der Waals surface area contributed by atoms with Gasteiger partial charge in [-0.15, -0.1) is 0 Å². The first-order valence-electron chi connectivity index (χ1n) is 7.71. The van der Waals surface area contributed by atoms with Gasteiger partial charge in [-0.3, -0.25) is 0 Å². The van der Waals surface area contributed by atoms with Crippen molar-refractivity contribution in [2.75, 3.05) is 5.32 Å². The topological polar surface area (TPSA) is 74.5 Å². The van der Waals surface area contributed by atoms with Crippen LogP contribution < -0.4 is 10.6 Å². The van der Waals surface area contributed by atoms with E-state index in [2.05, 4.69) is 10.6 Å². The molecule has 1 aliphatic carbocycles. The van der Waals surface area contributed by atoms with Gasteiger partial charge >= 0.3 is 6.03 Å². The molecule has 1 saturated carbocycles. The third-order valence-corrected chi connectivity index (χ3v) is 4.05. The summed E-state index contributed by atoms with van der Waals surface area (Å²) in [6, 6.07) is 7.58. The van der Waals surface area contributed by atoms with Crippen molar-refractivity contribution in [3.8, 4) is 11.3 Å². The van der Waals surface area contributed by atoms with E-state index in [9.17, 15) is 14.3 Å². The Labute approximate surface area is 133 Å². The first kappa shape index (κ1) is 15.6. The van der Waals surface area contributed by atoms with E-state index in [-0.39, 0.29) is 17.8 Å². The lowest BCUT2D eigenvalue weighted by Crippen LogP contribution is -2.41. The van der Waals surface area contributed by atoms with Crippen molar-refractivity contribution in [2.24, 2.45) is 0 Å². The molecule has 0 atom stereocenters. The lowest BCUT2D eigenvalue weighted by Gasteiger charge is -2.26. The number of halogens is 1. The number of aliphatic hydroxyl groups excluding tert-OH is 1. The van der Waals surface area contributed by atoms with Gasteiger partial charge in [-0.2, -0.15) is 0 Å². The fourth-order valence-electron chi connectivity index (χ4n) is 2.78. The van der Waals surface area contributed by atoms with Crippen LogP contribution in [0.2, 0.25) is 0 Å². The third-order valence-electron chi connectivity index (χ3n) is 4.05. The highest BCUT2D eigenvalue weighted by Gasteiger charge is 2.21. The Bertz CT molecular complexity index is 664. The van der Waals surface area contributed by atoms with E-state index in [1.807, 2.05) is 0 Å². The van der Waals surface area contributed by atoms with Crippen LogP contribution in [0, 0.1) is 5.82 Å². The molecule has 0 aliphatic heterocycles. The summed E-state index contributed by atoms with van der Waals surface area (Å²) in [5.74, 6) is 0.0498. The van der Waals surface area contributed by atoms with Crippen molar-refractivity contribution >= 4 is 11.7 Å². The number of carbonyl (C=O) groups excluding carboxylic acids is 1. The van der Waals surface area contributed by atoms with Crippen molar-refractivity contribution < 1.29 is 18.7 Å². The predicted molar refractivity (Wildman–Crippen MR) is 84.5 cm³/mol. The van der Waals surface area contributed by atoms with E-state index in [4.69, 9.17) is 4.42 Å². The molecule has 23 heavy (non-hydrogen) atoms. The lowest BCUT2D eigenvalue weighted by molar-refractivity contribution is 0.118. The Kier molecular flexibility index (Phi) is 4.62. The highest BCUT2D eigenvalue weighted by Crippen LogP contribution is 2.25. The Morgan fingerprint density at radius 1 is 1.22 bits per heavy atom. The quantitative estimate of drug-likeness (QED) is 0.810. The molecule has 122 valence electrons. The Morgan fingerprint density at radius 2 is 2.00 bits per heavy atom. The van der Waals surface area contributed by atoms with Crippen LogP contribution in [0.3, 0.4) is 0 Å². The number of aliphatic hydroxyl groups is 1. The maximum absolute atomic E-state index is 14.1. The summed E-state index contributed by atoms with van der Waals surface area (Å²) in [6.45, 7) is 0. The van der Waals surface area contributed by atoms with Gasteiger partial charge in [0.2, 0.25) is 0 Å². The lowest BCUT2D eigenvalue weighted by atomic mass is 9.93. The molecule has 0 spiro atoms. The summed E-state index contributed by atoms with van der Waals surface area (Å²) < 4.78 is 19.3. The maximum atomic E-state index is 14.1. The molecular weight excluding hydrogens is 299 g/mol. The van der Waals surface area contributed by atoms with Crippen molar-refractivity contribution in [1.82, 2.24) is 5.32 Å². The van der Waals surface area contributed by atoms with E-state index in [0.29, 0.717) is 24.2 Å². The van der Waals surface area contributed by atoms with Crippen LogP contribution in [-0.4, -0.2) is 23.3 Å². The molecule has 1 heterocycles. The van der Waals surface area contributed by atoms with Crippen molar-refractivity contribution in [3.05, 3.63) is 42.4 Å². The number of furan rings is 1. The number of amides is 2. The second-order valence-electron chi connectivity index (χ2n) is 5.78. The smallest absolute Gasteiger partial charge is 0.319 e. The molecule has 1 fully saturated rings. The van der Waals surface area contributed by atoms with Crippen molar-refractivity contribution in [3.63, 3.8) is 0 Å². The number of carbonyl (C=O) groups is 1. The molecule has 2 aromatic rings. The number of hydrogen-bond acceptors (Lipinski definition) is 3. The third kappa shape index (κ3) is 3.90. The van der Waals surface area contributed by atoms with E-state index < -0.39 is 11.8 Å². The summed E-state index contributed by atoms with van der Waals surface area (Å²) in [5, 5.41) is 14.8. The molecule has 0 bridgehead atoms. The molecule has 1 aromatic carbocycles. The normalized spacial score (nSPS) is 21.0. The van der Waals surface area contributed by atoms with Crippen LogP contribution in [-0.2, 0) is 0 Å². The molecule has 1 aromatic heterocycles. The molecule has 0 saturated heterocycles. The molecule has 3 N–H and O–H groups in total. The highest BCUT2D eigenvalue weighted by atomic mass is 19.1. The minimum Gasteiger partial charge on any atom is -0.464 e. The fraction of sp³-hybridized carbons (Fsp3) is 0.353. The number of benzene rings is 1. The van der Waals surface area contributed by atoms with Gasteiger partial charge in [-0.1, -0.05) is 0 Å². The first-order chi connectivity index (χ1) is 11.1. The molecule has 3 rings (SSSR count). The fourth-order valence-corrected chi connectivity index (χ4v) is 2.78. The molecule has 1 aliphatic rings. The molecule has 0 radical (unpaired) electrons.